The van der Waals surface area contributed by atoms with Crippen molar-refractivity contribution in [3.63, 3.8) is 0 Å². The maximum Gasteiger partial charge on any atom is 0.254 e. The monoisotopic (exact) mass is 353 g/mol. The highest BCUT2D eigenvalue weighted by atomic mass is 16.5. The van der Waals surface area contributed by atoms with Crippen LogP contribution in [-0.4, -0.2) is 43.0 Å². The van der Waals surface area contributed by atoms with E-state index in [1.54, 1.807) is 29.2 Å². The van der Waals surface area contributed by atoms with Crippen LogP contribution in [0.1, 0.15) is 27.5 Å². The summed E-state index contributed by atoms with van der Waals surface area (Å²) in [6, 6.07) is 13.7. The van der Waals surface area contributed by atoms with E-state index in [1.807, 2.05) is 31.2 Å². The van der Waals surface area contributed by atoms with Gasteiger partial charge in [-0.2, -0.15) is 0 Å². The van der Waals surface area contributed by atoms with Gasteiger partial charge in [0.25, 0.3) is 5.91 Å². The average Bonchev–Trinajstić information content (AvgIpc) is 2.68. The van der Waals surface area contributed by atoms with Gasteiger partial charge in [-0.25, -0.2) is 0 Å². The van der Waals surface area contributed by atoms with Crippen molar-refractivity contribution in [2.24, 2.45) is 5.73 Å². The predicted octanol–water partition coefficient (Wildman–Crippen LogP) is 2.11. The third-order valence-corrected chi connectivity index (χ3v) is 4.42. The van der Waals surface area contributed by atoms with Crippen molar-refractivity contribution in [1.82, 2.24) is 4.90 Å². The third-order valence-electron chi connectivity index (χ3n) is 4.42. The molecule has 0 aliphatic carbocycles. The van der Waals surface area contributed by atoms with E-state index in [4.69, 9.17) is 10.5 Å². The Morgan fingerprint density at radius 2 is 1.65 bits per heavy atom. The van der Waals surface area contributed by atoms with Gasteiger partial charge in [-0.15, -0.1) is 0 Å². The highest BCUT2D eigenvalue weighted by molar-refractivity contribution is 5.97. The van der Waals surface area contributed by atoms with Crippen LogP contribution in [0.4, 0.5) is 5.69 Å². The fraction of sp³-hybridized carbons (Fsp3) is 0.300. The molecule has 1 aliphatic heterocycles. The van der Waals surface area contributed by atoms with Crippen LogP contribution < -0.4 is 11.1 Å². The molecule has 0 saturated carbocycles. The number of benzene rings is 2. The minimum Gasteiger partial charge on any atom is -0.378 e. The van der Waals surface area contributed by atoms with Gasteiger partial charge >= 0.3 is 0 Å². The number of ether oxygens (including phenoxy) is 1. The second kappa shape index (κ2) is 8.12. The fourth-order valence-electron chi connectivity index (χ4n) is 2.79. The number of amides is 2. The first-order valence-electron chi connectivity index (χ1n) is 8.65. The zero-order valence-corrected chi connectivity index (χ0v) is 14.8. The number of carbonyl (C=O) groups excluding carboxylic acids is 2. The Morgan fingerprint density at radius 3 is 2.27 bits per heavy atom. The van der Waals surface area contributed by atoms with Gasteiger partial charge in [0.2, 0.25) is 5.91 Å². The summed E-state index contributed by atoms with van der Waals surface area (Å²) in [7, 11) is 0. The number of rotatable bonds is 4. The molecule has 0 bridgehead atoms. The van der Waals surface area contributed by atoms with Crippen LogP contribution in [0.25, 0.3) is 0 Å². The quantitative estimate of drug-likeness (QED) is 0.882. The standard InChI is InChI=1S/C20H23N3O3/c1-14-2-4-15(5-3-14)18(21)19(24)22-17-8-6-16(7-9-17)20(25)23-10-12-26-13-11-23/h2-9,18H,10-13,21H2,1H3,(H,22,24). The minimum atomic E-state index is -0.745. The molecule has 0 aromatic heterocycles. The van der Waals surface area contributed by atoms with Crippen LogP contribution in [0.15, 0.2) is 48.5 Å². The number of anilines is 1. The molecular weight excluding hydrogens is 330 g/mol. The van der Waals surface area contributed by atoms with Gasteiger partial charge in [-0.3, -0.25) is 9.59 Å². The molecule has 136 valence electrons. The molecule has 1 atom stereocenters. The number of hydrogen-bond acceptors (Lipinski definition) is 4. The Hall–Kier alpha value is -2.70. The second-order valence-corrected chi connectivity index (χ2v) is 6.36. The Bertz CT molecular complexity index is 766. The van der Waals surface area contributed by atoms with Crippen molar-refractivity contribution in [3.05, 3.63) is 65.2 Å². The van der Waals surface area contributed by atoms with Gasteiger partial charge < -0.3 is 20.7 Å². The average molecular weight is 353 g/mol. The fourth-order valence-corrected chi connectivity index (χ4v) is 2.79. The second-order valence-electron chi connectivity index (χ2n) is 6.36. The zero-order valence-electron chi connectivity index (χ0n) is 14.8. The molecule has 2 aromatic rings. The Balaban J connectivity index is 1.62. The first kappa shape index (κ1) is 18.1. The normalized spacial score (nSPS) is 15.4. The van der Waals surface area contributed by atoms with Crippen molar-refractivity contribution in [2.45, 2.75) is 13.0 Å². The van der Waals surface area contributed by atoms with Crippen LogP contribution in [0.5, 0.6) is 0 Å². The molecule has 3 rings (SSSR count). The van der Waals surface area contributed by atoms with Crippen LogP contribution in [-0.2, 0) is 9.53 Å². The predicted molar refractivity (Wildman–Crippen MR) is 99.9 cm³/mol. The number of nitrogens with zero attached hydrogens (tertiary/aromatic N) is 1. The first-order valence-corrected chi connectivity index (χ1v) is 8.65. The van der Waals surface area contributed by atoms with Gasteiger partial charge in [-0.1, -0.05) is 29.8 Å². The summed E-state index contributed by atoms with van der Waals surface area (Å²) in [6.07, 6.45) is 0. The van der Waals surface area contributed by atoms with Crippen molar-refractivity contribution in [3.8, 4) is 0 Å². The van der Waals surface area contributed by atoms with E-state index in [1.165, 1.54) is 0 Å². The summed E-state index contributed by atoms with van der Waals surface area (Å²) in [5, 5.41) is 2.79. The maximum atomic E-state index is 12.4. The van der Waals surface area contributed by atoms with E-state index in [0.717, 1.165) is 11.1 Å². The van der Waals surface area contributed by atoms with E-state index in [9.17, 15) is 9.59 Å². The highest BCUT2D eigenvalue weighted by Gasteiger charge is 2.19. The Morgan fingerprint density at radius 1 is 1.04 bits per heavy atom. The van der Waals surface area contributed by atoms with Gasteiger partial charge in [0, 0.05) is 24.3 Å². The molecule has 0 spiro atoms. The lowest BCUT2D eigenvalue weighted by molar-refractivity contribution is -0.117. The topological polar surface area (TPSA) is 84.7 Å². The lowest BCUT2D eigenvalue weighted by Crippen LogP contribution is -2.40. The first-order chi connectivity index (χ1) is 12.5. The third kappa shape index (κ3) is 4.28. The summed E-state index contributed by atoms with van der Waals surface area (Å²) < 4.78 is 5.26. The molecule has 1 saturated heterocycles. The van der Waals surface area contributed by atoms with E-state index in [-0.39, 0.29) is 11.8 Å². The minimum absolute atomic E-state index is 0.0254. The zero-order chi connectivity index (χ0) is 18.5. The molecule has 3 N–H and O–H groups in total. The van der Waals surface area contributed by atoms with Crippen LogP contribution in [0.2, 0.25) is 0 Å². The van der Waals surface area contributed by atoms with E-state index < -0.39 is 6.04 Å². The summed E-state index contributed by atoms with van der Waals surface area (Å²) in [5.41, 5.74) is 9.09. The summed E-state index contributed by atoms with van der Waals surface area (Å²) in [6.45, 7) is 4.31. The molecule has 1 aliphatic rings. The van der Waals surface area contributed by atoms with Crippen molar-refractivity contribution >= 4 is 17.5 Å². The number of morpholine rings is 1. The van der Waals surface area contributed by atoms with Crippen molar-refractivity contribution < 1.29 is 14.3 Å². The van der Waals surface area contributed by atoms with E-state index >= 15 is 0 Å². The molecule has 1 heterocycles. The van der Waals surface area contributed by atoms with Gasteiger partial charge in [0.15, 0.2) is 0 Å². The number of nitrogens with two attached hydrogens (primary N) is 1. The van der Waals surface area contributed by atoms with E-state index in [2.05, 4.69) is 5.32 Å². The van der Waals surface area contributed by atoms with Crippen LogP contribution in [0.3, 0.4) is 0 Å². The van der Waals surface area contributed by atoms with Crippen LogP contribution >= 0.6 is 0 Å². The van der Waals surface area contributed by atoms with Crippen LogP contribution in [0, 0.1) is 6.92 Å². The summed E-state index contributed by atoms with van der Waals surface area (Å²) in [4.78, 5) is 26.5. The molecule has 1 unspecified atom stereocenters. The lowest BCUT2D eigenvalue weighted by atomic mass is 10.1. The molecule has 0 radical (unpaired) electrons. The molecule has 26 heavy (non-hydrogen) atoms. The van der Waals surface area contributed by atoms with Gasteiger partial charge in [-0.05, 0) is 36.8 Å². The molecule has 6 nitrogen and oxygen atoms in total. The van der Waals surface area contributed by atoms with Crippen molar-refractivity contribution in [1.29, 1.82) is 0 Å². The molecule has 1 fully saturated rings. The lowest BCUT2D eigenvalue weighted by Gasteiger charge is -2.26. The summed E-state index contributed by atoms with van der Waals surface area (Å²) in [5.74, 6) is -0.316. The Labute approximate surface area is 152 Å². The molecule has 2 aromatic carbocycles. The number of nitrogens with one attached hydrogen (secondary N) is 1. The SMILES string of the molecule is Cc1ccc(C(N)C(=O)Nc2ccc(C(=O)N3CCOCC3)cc2)cc1. The molecule has 6 heteroatoms. The maximum absolute atomic E-state index is 12.4. The molecular formula is C20H23N3O3. The largest absolute Gasteiger partial charge is 0.378 e. The van der Waals surface area contributed by atoms with E-state index in [0.29, 0.717) is 37.6 Å². The van der Waals surface area contributed by atoms with Gasteiger partial charge in [0.1, 0.15) is 6.04 Å². The molecule has 2 amide bonds. The number of carbonyl (C=O) groups is 2. The summed E-state index contributed by atoms with van der Waals surface area (Å²) >= 11 is 0. The number of hydrogen-bond donors (Lipinski definition) is 2. The van der Waals surface area contributed by atoms with Gasteiger partial charge in [0.05, 0.1) is 13.2 Å². The van der Waals surface area contributed by atoms with Crippen molar-refractivity contribution in [2.75, 3.05) is 31.6 Å². The highest BCUT2D eigenvalue weighted by Crippen LogP contribution is 2.16. The Kier molecular flexibility index (Phi) is 5.65. The number of aryl methyl sites for hydroxylation is 1. The smallest absolute Gasteiger partial charge is 0.254 e.